The molecule has 1 aromatic heterocycles. The standard InChI is InChI=1S/C21H21ClN2OS.C4H10.C2H3N.2CH3NO/c1-2-20(25)23-14-16(12-15-6-4-3-5-7-15)8-11-21-24-18-10-9-17(22)13-19(18)26-21;1-3-4-2;1-2-3;2*2-1-3/h2-7,9-10,13,16H,1,8,11-12,14H2,(H,23,25);3-4H2,1-2H3;1H3;2*1H,(H2,2,3). The van der Waals surface area contributed by atoms with Gasteiger partial charge in [-0.2, -0.15) is 5.26 Å². The van der Waals surface area contributed by atoms with Crippen LogP contribution < -0.4 is 16.8 Å². The first-order valence-corrected chi connectivity index (χ1v) is 13.6. The monoisotopic (exact) mass is 573 g/mol. The second kappa shape index (κ2) is 25.9. The van der Waals surface area contributed by atoms with Crippen molar-refractivity contribution in [1.29, 1.82) is 5.26 Å². The molecule has 1 heterocycles. The molecule has 0 aliphatic heterocycles. The average molecular weight is 574 g/mol. The van der Waals surface area contributed by atoms with Crippen LogP contribution in [0.25, 0.3) is 10.2 Å². The number of unbranched alkanes of at least 4 members (excludes halogenated alkanes) is 1. The molecule has 2 aromatic carbocycles. The van der Waals surface area contributed by atoms with Gasteiger partial charge in [0.2, 0.25) is 18.7 Å². The van der Waals surface area contributed by atoms with Gasteiger partial charge in [0.25, 0.3) is 0 Å². The molecule has 0 aliphatic carbocycles. The van der Waals surface area contributed by atoms with Gasteiger partial charge in [-0.1, -0.05) is 75.2 Å². The summed E-state index contributed by atoms with van der Waals surface area (Å²) in [7, 11) is 0. The molecular weight excluding hydrogens is 534 g/mol. The predicted molar refractivity (Wildman–Crippen MR) is 162 cm³/mol. The van der Waals surface area contributed by atoms with Crippen LogP contribution >= 0.6 is 22.9 Å². The minimum absolute atomic E-state index is 0.127. The molecule has 0 radical (unpaired) electrons. The van der Waals surface area contributed by atoms with Crippen molar-refractivity contribution >= 4 is 51.9 Å². The third kappa shape index (κ3) is 20.0. The molecule has 1 unspecified atom stereocenters. The summed E-state index contributed by atoms with van der Waals surface area (Å²) in [5.41, 5.74) is 10.6. The molecular formula is C29H40ClN5O3S. The van der Waals surface area contributed by atoms with Crippen LogP contribution in [0.15, 0.2) is 61.2 Å². The Morgan fingerprint density at radius 2 is 1.72 bits per heavy atom. The molecule has 39 heavy (non-hydrogen) atoms. The molecule has 0 saturated heterocycles. The molecule has 3 amide bonds. The Bertz CT molecular complexity index is 1110. The highest BCUT2D eigenvalue weighted by atomic mass is 35.5. The van der Waals surface area contributed by atoms with Gasteiger partial charge in [0, 0.05) is 18.5 Å². The molecule has 0 spiro atoms. The van der Waals surface area contributed by atoms with Gasteiger partial charge in [-0.15, -0.1) is 11.3 Å². The molecule has 0 fully saturated rings. The zero-order chi connectivity index (χ0) is 29.9. The first kappa shape index (κ1) is 37.4. The number of nitrogens with one attached hydrogen (secondary N) is 1. The average Bonchev–Trinajstić information content (AvgIpc) is 3.34. The third-order valence-electron chi connectivity index (χ3n) is 4.78. The van der Waals surface area contributed by atoms with Crippen molar-refractivity contribution in [2.45, 2.75) is 52.9 Å². The van der Waals surface area contributed by atoms with E-state index < -0.39 is 0 Å². The Hall–Kier alpha value is -3.74. The number of carbonyl (C=O) groups excluding carboxylic acids is 3. The van der Waals surface area contributed by atoms with Crippen LogP contribution in [-0.4, -0.2) is 30.3 Å². The van der Waals surface area contributed by atoms with Crippen molar-refractivity contribution in [3.05, 3.63) is 76.8 Å². The highest BCUT2D eigenvalue weighted by molar-refractivity contribution is 7.18. The lowest BCUT2D eigenvalue weighted by Crippen LogP contribution is -2.29. The quantitative estimate of drug-likeness (QED) is 0.225. The lowest BCUT2D eigenvalue weighted by molar-refractivity contribution is -0.116. The van der Waals surface area contributed by atoms with Crippen molar-refractivity contribution in [2.75, 3.05) is 6.54 Å². The summed E-state index contributed by atoms with van der Waals surface area (Å²) >= 11 is 7.75. The molecule has 0 aliphatic rings. The van der Waals surface area contributed by atoms with Crippen LogP contribution in [0.1, 0.15) is 50.6 Å². The Morgan fingerprint density at radius 1 is 1.15 bits per heavy atom. The number of benzene rings is 2. The lowest BCUT2D eigenvalue weighted by atomic mass is 9.94. The summed E-state index contributed by atoms with van der Waals surface area (Å²) < 4.78 is 1.12. The number of amides is 3. The van der Waals surface area contributed by atoms with E-state index in [1.165, 1.54) is 31.4 Å². The molecule has 10 heteroatoms. The van der Waals surface area contributed by atoms with Gasteiger partial charge >= 0.3 is 0 Å². The number of nitriles is 1. The van der Waals surface area contributed by atoms with E-state index >= 15 is 0 Å². The number of aromatic nitrogens is 1. The highest BCUT2D eigenvalue weighted by Crippen LogP contribution is 2.27. The summed E-state index contributed by atoms with van der Waals surface area (Å²) in [5.74, 6) is 0.217. The maximum Gasteiger partial charge on any atom is 0.243 e. The van der Waals surface area contributed by atoms with Crippen molar-refractivity contribution < 1.29 is 14.4 Å². The Kier molecular flexibility index (Phi) is 24.8. The van der Waals surface area contributed by atoms with Crippen molar-refractivity contribution in [3.63, 3.8) is 0 Å². The normalized spacial score (nSPS) is 9.62. The third-order valence-corrected chi connectivity index (χ3v) is 6.09. The molecule has 3 rings (SSSR count). The van der Waals surface area contributed by atoms with E-state index in [-0.39, 0.29) is 18.7 Å². The number of thiazole rings is 1. The van der Waals surface area contributed by atoms with Gasteiger partial charge in [0.15, 0.2) is 0 Å². The number of carbonyl (C=O) groups is 3. The number of rotatable bonds is 9. The summed E-state index contributed by atoms with van der Waals surface area (Å²) in [6.45, 7) is 9.94. The van der Waals surface area contributed by atoms with Crippen molar-refractivity contribution in [3.8, 4) is 6.07 Å². The number of hydrogen-bond donors (Lipinski definition) is 3. The molecule has 1 atom stereocenters. The van der Waals surface area contributed by atoms with E-state index in [4.69, 9.17) is 31.4 Å². The van der Waals surface area contributed by atoms with Gasteiger partial charge in [-0.25, -0.2) is 4.98 Å². The SMILES string of the molecule is C=CC(=O)NCC(CCc1nc2ccc(Cl)cc2s1)Cc1ccccc1.CC#N.CCCC.NC=O.NC=O. The maximum atomic E-state index is 11.5. The molecule has 212 valence electrons. The zero-order valence-corrected chi connectivity index (χ0v) is 24.5. The number of halogens is 1. The Balaban J connectivity index is 0. The fourth-order valence-corrected chi connectivity index (χ4v) is 4.18. The second-order valence-electron chi connectivity index (χ2n) is 7.76. The fraction of sp³-hybridized carbons (Fsp3) is 0.345. The van der Waals surface area contributed by atoms with E-state index in [1.54, 1.807) is 17.4 Å². The lowest BCUT2D eigenvalue weighted by Gasteiger charge is -2.17. The number of primary amides is 2. The van der Waals surface area contributed by atoms with E-state index in [1.807, 2.05) is 36.4 Å². The smallest absolute Gasteiger partial charge is 0.243 e. The first-order valence-electron chi connectivity index (χ1n) is 12.4. The molecule has 8 nitrogen and oxygen atoms in total. The number of nitrogens with zero attached hydrogens (tertiary/aromatic N) is 2. The maximum absolute atomic E-state index is 11.5. The fourth-order valence-electron chi connectivity index (χ4n) is 2.92. The Labute approximate surface area is 241 Å². The number of hydrogen-bond acceptors (Lipinski definition) is 6. The number of nitrogens with two attached hydrogens (primary N) is 2. The number of fused-ring (bicyclic) bond motifs is 1. The molecule has 0 saturated carbocycles. The van der Waals surface area contributed by atoms with Gasteiger partial charge < -0.3 is 16.8 Å². The minimum atomic E-state index is -0.127. The van der Waals surface area contributed by atoms with Crippen LogP contribution in [0.2, 0.25) is 5.02 Å². The molecule has 5 N–H and O–H groups in total. The van der Waals surface area contributed by atoms with Gasteiger partial charge in [-0.05, 0) is 55.0 Å². The second-order valence-corrected chi connectivity index (χ2v) is 9.31. The molecule has 3 aromatic rings. The van der Waals surface area contributed by atoms with Crippen LogP contribution in [0.4, 0.5) is 0 Å². The van der Waals surface area contributed by atoms with Gasteiger partial charge in [0.05, 0.1) is 21.3 Å². The van der Waals surface area contributed by atoms with Crippen molar-refractivity contribution in [1.82, 2.24) is 10.3 Å². The predicted octanol–water partition coefficient (Wildman–Crippen LogP) is 5.58. The van der Waals surface area contributed by atoms with Gasteiger partial charge in [0.1, 0.15) is 0 Å². The van der Waals surface area contributed by atoms with E-state index in [2.05, 4.69) is 49.3 Å². The first-order chi connectivity index (χ1) is 18.8. The topological polar surface area (TPSA) is 152 Å². The van der Waals surface area contributed by atoms with Crippen LogP contribution in [0.5, 0.6) is 0 Å². The summed E-state index contributed by atoms with van der Waals surface area (Å²) in [4.78, 5) is 33.4. The van der Waals surface area contributed by atoms with Crippen molar-refractivity contribution in [2.24, 2.45) is 17.4 Å². The van der Waals surface area contributed by atoms with E-state index in [0.717, 1.165) is 39.5 Å². The van der Waals surface area contributed by atoms with E-state index in [9.17, 15) is 4.79 Å². The molecule has 0 bridgehead atoms. The van der Waals surface area contributed by atoms with Crippen LogP contribution in [0.3, 0.4) is 0 Å². The minimum Gasteiger partial charge on any atom is -0.372 e. The highest BCUT2D eigenvalue weighted by Gasteiger charge is 2.13. The van der Waals surface area contributed by atoms with E-state index in [0.29, 0.717) is 12.5 Å². The summed E-state index contributed by atoms with van der Waals surface area (Å²) in [6.07, 6.45) is 7.23. The Morgan fingerprint density at radius 3 is 2.23 bits per heavy atom. The van der Waals surface area contributed by atoms with Crippen LogP contribution in [-0.2, 0) is 27.2 Å². The zero-order valence-electron chi connectivity index (χ0n) is 22.9. The van der Waals surface area contributed by atoms with Gasteiger partial charge in [-0.3, -0.25) is 14.4 Å². The summed E-state index contributed by atoms with van der Waals surface area (Å²) in [6, 6.07) is 17.9. The summed E-state index contributed by atoms with van der Waals surface area (Å²) in [5, 5.41) is 12.1. The van der Waals surface area contributed by atoms with Crippen LogP contribution in [0, 0.1) is 17.2 Å². The number of aryl methyl sites for hydroxylation is 1. The largest absolute Gasteiger partial charge is 0.372 e.